The largest absolute Gasteiger partial charge is 0.481 e. The predicted octanol–water partition coefficient (Wildman–Crippen LogP) is 4.79. The molecule has 21 heavy (non-hydrogen) atoms. The van der Waals surface area contributed by atoms with Crippen molar-refractivity contribution in [1.82, 2.24) is 0 Å². The Morgan fingerprint density at radius 3 is 2.48 bits per heavy atom. The summed E-state index contributed by atoms with van der Waals surface area (Å²) in [4.78, 5) is 12.2. The van der Waals surface area contributed by atoms with Crippen molar-refractivity contribution in [2.45, 2.75) is 19.4 Å². The molecule has 0 heterocycles. The summed E-state index contributed by atoms with van der Waals surface area (Å²) >= 11 is 11.8. The van der Waals surface area contributed by atoms with Crippen LogP contribution in [0.25, 0.3) is 0 Å². The Kier molecular flexibility index (Phi) is 5.48. The third-order valence-corrected chi connectivity index (χ3v) is 3.61. The lowest BCUT2D eigenvalue weighted by Gasteiger charge is -2.17. The minimum Gasteiger partial charge on any atom is -0.481 e. The van der Waals surface area contributed by atoms with E-state index in [4.69, 9.17) is 27.9 Å². The van der Waals surface area contributed by atoms with Gasteiger partial charge in [0.1, 0.15) is 5.75 Å². The highest BCUT2D eigenvalue weighted by Gasteiger charge is 2.18. The molecular weight excluding hydrogens is 309 g/mol. The number of carbonyl (C=O) groups is 1. The maximum atomic E-state index is 12.2. The Hall–Kier alpha value is -1.71. The van der Waals surface area contributed by atoms with E-state index < -0.39 is 6.10 Å². The van der Waals surface area contributed by atoms with Crippen LogP contribution in [-0.4, -0.2) is 12.0 Å². The first-order chi connectivity index (χ1) is 10.1. The van der Waals surface area contributed by atoms with Crippen LogP contribution in [0.4, 0.5) is 5.69 Å². The fourth-order valence-corrected chi connectivity index (χ4v) is 2.08. The van der Waals surface area contributed by atoms with E-state index in [1.165, 1.54) is 0 Å². The molecule has 5 heteroatoms. The summed E-state index contributed by atoms with van der Waals surface area (Å²) in [5, 5.41) is 3.62. The average molecular weight is 324 g/mol. The first kappa shape index (κ1) is 15.7. The van der Waals surface area contributed by atoms with Gasteiger partial charge in [0.2, 0.25) is 0 Å². The summed E-state index contributed by atoms with van der Waals surface area (Å²) in [6.45, 7) is 1.89. The number of ether oxygens (including phenoxy) is 1. The van der Waals surface area contributed by atoms with Gasteiger partial charge in [0, 0.05) is 5.69 Å². The second kappa shape index (κ2) is 7.34. The van der Waals surface area contributed by atoms with Gasteiger partial charge < -0.3 is 10.1 Å². The molecule has 0 aromatic heterocycles. The number of halogens is 2. The Labute approximate surface area is 133 Å². The zero-order valence-electron chi connectivity index (χ0n) is 11.5. The van der Waals surface area contributed by atoms with Crippen LogP contribution in [0.3, 0.4) is 0 Å². The predicted molar refractivity (Wildman–Crippen MR) is 86.2 cm³/mol. The number of nitrogens with one attached hydrogen (secondary N) is 1. The number of rotatable bonds is 5. The molecule has 0 radical (unpaired) electrons. The van der Waals surface area contributed by atoms with Gasteiger partial charge in [0.15, 0.2) is 6.10 Å². The van der Waals surface area contributed by atoms with E-state index in [9.17, 15) is 4.79 Å². The highest BCUT2D eigenvalue weighted by Crippen LogP contribution is 2.25. The second-order valence-corrected chi connectivity index (χ2v) is 5.26. The number of carbonyl (C=O) groups excluding carboxylic acids is 1. The molecule has 0 aliphatic carbocycles. The molecule has 0 bridgehead atoms. The van der Waals surface area contributed by atoms with Gasteiger partial charge in [-0.15, -0.1) is 0 Å². The molecule has 2 aromatic rings. The van der Waals surface area contributed by atoms with E-state index >= 15 is 0 Å². The van der Waals surface area contributed by atoms with Gasteiger partial charge >= 0.3 is 0 Å². The Morgan fingerprint density at radius 1 is 1.14 bits per heavy atom. The summed E-state index contributed by atoms with van der Waals surface area (Å²) in [6, 6.07) is 14.2. The molecule has 0 fully saturated rings. The van der Waals surface area contributed by atoms with Crippen molar-refractivity contribution in [1.29, 1.82) is 0 Å². The van der Waals surface area contributed by atoms with Crippen molar-refractivity contribution in [3.8, 4) is 5.75 Å². The van der Waals surface area contributed by atoms with E-state index in [1.807, 2.05) is 37.3 Å². The molecule has 2 rings (SSSR count). The van der Waals surface area contributed by atoms with Crippen LogP contribution in [0.5, 0.6) is 5.75 Å². The zero-order valence-corrected chi connectivity index (χ0v) is 13.0. The number of anilines is 1. The standard InChI is InChI=1S/C16H15Cl2NO2/c1-2-15(21-12-6-4-3-5-7-12)16(20)19-11-8-9-13(17)14(18)10-11/h3-10,15H,2H2,1H3,(H,19,20)/t15-/m0/s1. The van der Waals surface area contributed by atoms with Crippen molar-refractivity contribution < 1.29 is 9.53 Å². The van der Waals surface area contributed by atoms with Gasteiger partial charge in [-0.05, 0) is 36.8 Å². The molecule has 1 N–H and O–H groups in total. The van der Waals surface area contributed by atoms with Gasteiger partial charge in [-0.2, -0.15) is 0 Å². The van der Waals surface area contributed by atoms with Crippen LogP contribution < -0.4 is 10.1 Å². The monoisotopic (exact) mass is 323 g/mol. The van der Waals surface area contributed by atoms with E-state index in [1.54, 1.807) is 18.2 Å². The normalized spacial score (nSPS) is 11.8. The molecule has 0 unspecified atom stereocenters. The van der Waals surface area contributed by atoms with Crippen molar-refractivity contribution in [2.75, 3.05) is 5.32 Å². The summed E-state index contributed by atoms with van der Waals surface area (Å²) < 4.78 is 5.68. The molecule has 2 aromatic carbocycles. The van der Waals surface area contributed by atoms with E-state index in [0.29, 0.717) is 27.9 Å². The van der Waals surface area contributed by atoms with Crippen molar-refractivity contribution in [3.63, 3.8) is 0 Å². The number of para-hydroxylation sites is 1. The van der Waals surface area contributed by atoms with E-state index in [0.717, 1.165) is 0 Å². The quantitative estimate of drug-likeness (QED) is 0.859. The fraction of sp³-hybridized carbons (Fsp3) is 0.188. The summed E-state index contributed by atoms with van der Waals surface area (Å²) in [7, 11) is 0. The molecule has 0 spiro atoms. The molecule has 0 saturated carbocycles. The van der Waals surface area contributed by atoms with Crippen LogP contribution in [-0.2, 0) is 4.79 Å². The highest BCUT2D eigenvalue weighted by molar-refractivity contribution is 6.42. The number of benzene rings is 2. The minimum absolute atomic E-state index is 0.222. The molecule has 0 aliphatic rings. The molecular formula is C16H15Cl2NO2. The first-order valence-electron chi connectivity index (χ1n) is 6.57. The van der Waals surface area contributed by atoms with Crippen LogP contribution >= 0.6 is 23.2 Å². The maximum Gasteiger partial charge on any atom is 0.265 e. The average Bonchev–Trinajstić information content (AvgIpc) is 2.49. The van der Waals surface area contributed by atoms with Gasteiger partial charge in [0.25, 0.3) is 5.91 Å². The molecule has 110 valence electrons. The van der Waals surface area contributed by atoms with Gasteiger partial charge in [-0.3, -0.25) is 4.79 Å². The third-order valence-electron chi connectivity index (χ3n) is 2.87. The molecule has 0 aliphatic heterocycles. The SMILES string of the molecule is CC[C@H](Oc1ccccc1)C(=O)Nc1ccc(Cl)c(Cl)c1. The smallest absolute Gasteiger partial charge is 0.265 e. The molecule has 3 nitrogen and oxygen atoms in total. The van der Waals surface area contributed by atoms with Crippen LogP contribution in [0, 0.1) is 0 Å². The zero-order chi connectivity index (χ0) is 15.2. The number of hydrogen-bond donors (Lipinski definition) is 1. The Balaban J connectivity index is 2.04. The van der Waals surface area contributed by atoms with Gasteiger partial charge in [0.05, 0.1) is 10.0 Å². The molecule has 0 saturated heterocycles. The highest BCUT2D eigenvalue weighted by atomic mass is 35.5. The Bertz CT molecular complexity index is 617. The minimum atomic E-state index is -0.568. The van der Waals surface area contributed by atoms with Crippen LogP contribution in [0.2, 0.25) is 10.0 Å². The number of hydrogen-bond acceptors (Lipinski definition) is 2. The van der Waals surface area contributed by atoms with Crippen LogP contribution in [0.15, 0.2) is 48.5 Å². The summed E-state index contributed by atoms with van der Waals surface area (Å²) in [5.74, 6) is 0.438. The fourth-order valence-electron chi connectivity index (χ4n) is 1.78. The van der Waals surface area contributed by atoms with E-state index in [2.05, 4.69) is 5.32 Å². The first-order valence-corrected chi connectivity index (χ1v) is 7.33. The molecule has 1 atom stereocenters. The maximum absolute atomic E-state index is 12.2. The van der Waals surface area contributed by atoms with Crippen molar-refractivity contribution in [3.05, 3.63) is 58.6 Å². The number of amides is 1. The lowest BCUT2D eigenvalue weighted by molar-refractivity contribution is -0.122. The second-order valence-electron chi connectivity index (χ2n) is 4.45. The Morgan fingerprint density at radius 2 is 1.86 bits per heavy atom. The topological polar surface area (TPSA) is 38.3 Å². The van der Waals surface area contributed by atoms with E-state index in [-0.39, 0.29) is 5.91 Å². The third kappa shape index (κ3) is 4.38. The van der Waals surface area contributed by atoms with Gasteiger partial charge in [-0.25, -0.2) is 0 Å². The van der Waals surface area contributed by atoms with Crippen molar-refractivity contribution >= 4 is 34.8 Å². The van der Waals surface area contributed by atoms with Crippen LogP contribution in [0.1, 0.15) is 13.3 Å². The summed E-state index contributed by atoms with van der Waals surface area (Å²) in [6.07, 6.45) is -0.0101. The lowest BCUT2D eigenvalue weighted by atomic mass is 10.2. The lowest BCUT2D eigenvalue weighted by Crippen LogP contribution is -2.32. The summed E-state index contributed by atoms with van der Waals surface area (Å²) in [5.41, 5.74) is 0.588. The molecule has 1 amide bonds. The van der Waals surface area contributed by atoms with Gasteiger partial charge in [-0.1, -0.05) is 48.3 Å². The van der Waals surface area contributed by atoms with Crippen molar-refractivity contribution in [2.24, 2.45) is 0 Å².